The fourth-order valence-corrected chi connectivity index (χ4v) is 3.18. The Bertz CT molecular complexity index is 854. The van der Waals surface area contributed by atoms with E-state index in [1.807, 2.05) is 0 Å². The van der Waals surface area contributed by atoms with Gasteiger partial charge in [0.1, 0.15) is 5.82 Å². The molecule has 0 saturated carbocycles. The number of hydrogen-bond acceptors (Lipinski definition) is 4. The van der Waals surface area contributed by atoms with Crippen LogP contribution in [0.4, 0.5) is 8.78 Å². The van der Waals surface area contributed by atoms with Crippen molar-refractivity contribution < 1.29 is 13.5 Å². The van der Waals surface area contributed by atoms with E-state index >= 15 is 0 Å². The quantitative estimate of drug-likeness (QED) is 0.744. The second-order valence-corrected chi connectivity index (χ2v) is 6.19. The average molecular weight is 347 g/mol. The Balaban J connectivity index is 1.59. The molecule has 0 amide bonds. The fourth-order valence-electron chi connectivity index (χ4n) is 3.18. The Kier molecular flexibility index (Phi) is 4.35. The van der Waals surface area contributed by atoms with Crippen LogP contribution in [-0.2, 0) is 0 Å². The normalized spacial score (nSPS) is 16.0. The molecule has 132 valence electrons. The second-order valence-electron chi connectivity index (χ2n) is 6.19. The molecule has 0 radical (unpaired) electrons. The van der Waals surface area contributed by atoms with Gasteiger partial charge in [-0.05, 0) is 44.0 Å². The Hall–Kier alpha value is -2.48. The summed E-state index contributed by atoms with van der Waals surface area (Å²) in [5, 5.41) is 10.2. The van der Waals surface area contributed by atoms with Crippen molar-refractivity contribution in [1.29, 1.82) is 0 Å². The van der Waals surface area contributed by atoms with E-state index in [9.17, 15) is 8.78 Å². The van der Waals surface area contributed by atoms with Gasteiger partial charge in [0.2, 0.25) is 5.88 Å². The fraction of sp³-hybridized carbons (Fsp3) is 0.412. The molecular weight excluding hydrogens is 328 g/mol. The molecule has 2 N–H and O–H groups in total. The van der Waals surface area contributed by atoms with Crippen LogP contribution in [0, 0.1) is 5.92 Å². The number of fused-ring (bicyclic) bond motifs is 1. The topological polar surface area (TPSA) is 67.8 Å². The van der Waals surface area contributed by atoms with Crippen LogP contribution in [0.5, 0.6) is 5.88 Å². The molecule has 1 fully saturated rings. The van der Waals surface area contributed by atoms with Crippen molar-refractivity contribution in [2.75, 3.05) is 19.7 Å². The van der Waals surface area contributed by atoms with E-state index in [-0.39, 0.29) is 5.82 Å². The summed E-state index contributed by atoms with van der Waals surface area (Å²) in [5.74, 6) is 1.01. The number of aromatic amines is 1. The molecule has 0 unspecified atom stereocenters. The molecule has 6 nitrogen and oxygen atoms in total. The molecule has 2 aromatic heterocycles. The van der Waals surface area contributed by atoms with Crippen molar-refractivity contribution in [2.24, 2.45) is 5.92 Å². The lowest BCUT2D eigenvalue weighted by atomic mass is 9.99. The van der Waals surface area contributed by atoms with Gasteiger partial charge in [0.05, 0.1) is 17.6 Å². The number of ether oxygens (including phenoxy) is 1. The van der Waals surface area contributed by atoms with Crippen LogP contribution in [-0.4, -0.2) is 39.4 Å². The predicted molar refractivity (Wildman–Crippen MR) is 89.3 cm³/mol. The van der Waals surface area contributed by atoms with Crippen LogP contribution >= 0.6 is 0 Å². The van der Waals surface area contributed by atoms with Gasteiger partial charge in [-0.15, -0.1) is 5.10 Å². The highest BCUT2D eigenvalue weighted by Gasteiger charge is 2.21. The van der Waals surface area contributed by atoms with E-state index in [0.29, 0.717) is 35.3 Å². The summed E-state index contributed by atoms with van der Waals surface area (Å²) in [7, 11) is 0. The van der Waals surface area contributed by atoms with Crippen LogP contribution < -0.4 is 10.1 Å². The molecule has 1 aromatic carbocycles. The highest BCUT2D eigenvalue weighted by atomic mass is 19.3. The van der Waals surface area contributed by atoms with Crippen molar-refractivity contribution in [3.05, 3.63) is 36.2 Å². The van der Waals surface area contributed by atoms with Crippen LogP contribution in [0.3, 0.4) is 0 Å². The van der Waals surface area contributed by atoms with E-state index in [2.05, 4.69) is 20.5 Å². The number of hydrogen-bond donors (Lipinski definition) is 2. The smallest absolute Gasteiger partial charge is 0.296 e. The molecule has 25 heavy (non-hydrogen) atoms. The maximum Gasteiger partial charge on any atom is 0.296 e. The summed E-state index contributed by atoms with van der Waals surface area (Å²) in [6.07, 6.45) is -0.549. The maximum atomic E-state index is 13.4. The second kappa shape index (κ2) is 6.79. The van der Waals surface area contributed by atoms with E-state index in [1.54, 1.807) is 30.3 Å². The first kappa shape index (κ1) is 16.0. The predicted octanol–water partition coefficient (Wildman–Crippen LogP) is 3.06. The van der Waals surface area contributed by atoms with E-state index in [1.165, 1.54) is 4.57 Å². The van der Waals surface area contributed by atoms with Crippen LogP contribution in [0.2, 0.25) is 0 Å². The van der Waals surface area contributed by atoms with E-state index < -0.39 is 6.43 Å². The zero-order valence-corrected chi connectivity index (χ0v) is 13.6. The minimum absolute atomic E-state index is 0.310. The summed E-state index contributed by atoms with van der Waals surface area (Å²) in [5.41, 5.74) is 1.12. The Morgan fingerprint density at radius 1 is 1.24 bits per heavy atom. The van der Waals surface area contributed by atoms with Crippen LogP contribution in [0.1, 0.15) is 25.1 Å². The SMILES string of the molecule is FC(F)c1nc2ccccc2n1-c1cc(OCC2CCNCC2)n[nH]1. The van der Waals surface area contributed by atoms with Gasteiger partial charge in [-0.25, -0.2) is 13.8 Å². The Morgan fingerprint density at radius 2 is 2.04 bits per heavy atom. The van der Waals surface area contributed by atoms with Crippen molar-refractivity contribution in [3.63, 3.8) is 0 Å². The number of nitrogens with one attached hydrogen (secondary N) is 2. The summed E-state index contributed by atoms with van der Waals surface area (Å²) in [6.45, 7) is 2.58. The number of H-pyrrole nitrogens is 1. The zero-order valence-electron chi connectivity index (χ0n) is 13.6. The number of imidazole rings is 1. The molecule has 1 saturated heterocycles. The molecule has 0 atom stereocenters. The van der Waals surface area contributed by atoms with Gasteiger partial charge in [0.25, 0.3) is 6.43 Å². The largest absolute Gasteiger partial charge is 0.476 e. The van der Waals surface area contributed by atoms with Gasteiger partial charge >= 0.3 is 0 Å². The van der Waals surface area contributed by atoms with Crippen molar-refractivity contribution in [3.8, 4) is 11.7 Å². The number of nitrogens with zero attached hydrogens (tertiary/aromatic N) is 3. The molecule has 0 spiro atoms. The average Bonchev–Trinajstić information content (AvgIpc) is 3.25. The monoisotopic (exact) mass is 347 g/mol. The summed E-state index contributed by atoms with van der Waals surface area (Å²) in [6, 6.07) is 8.67. The molecule has 0 bridgehead atoms. The number of benzene rings is 1. The van der Waals surface area contributed by atoms with Gasteiger partial charge in [-0.3, -0.25) is 9.67 Å². The lowest BCUT2D eigenvalue weighted by Crippen LogP contribution is -2.30. The van der Waals surface area contributed by atoms with E-state index in [4.69, 9.17) is 4.74 Å². The van der Waals surface area contributed by atoms with Gasteiger partial charge in [-0.2, -0.15) is 0 Å². The highest BCUT2D eigenvalue weighted by molar-refractivity contribution is 5.78. The number of alkyl halides is 2. The van der Waals surface area contributed by atoms with Crippen molar-refractivity contribution in [2.45, 2.75) is 19.3 Å². The van der Waals surface area contributed by atoms with Gasteiger partial charge in [-0.1, -0.05) is 12.1 Å². The Labute approximate surface area is 143 Å². The standard InChI is InChI=1S/C17H19F2N5O/c18-16(19)17-21-12-3-1-2-4-13(12)24(17)14-9-15(23-22-14)25-10-11-5-7-20-8-6-11/h1-4,9,11,16,20H,5-8,10H2,(H,22,23). The minimum Gasteiger partial charge on any atom is -0.476 e. The van der Waals surface area contributed by atoms with Crippen molar-refractivity contribution in [1.82, 2.24) is 25.1 Å². The first-order valence-corrected chi connectivity index (χ1v) is 8.37. The molecule has 8 heteroatoms. The van der Waals surface area contributed by atoms with Gasteiger partial charge < -0.3 is 10.1 Å². The minimum atomic E-state index is -2.69. The van der Waals surface area contributed by atoms with Gasteiger partial charge in [0.15, 0.2) is 5.82 Å². The highest BCUT2D eigenvalue weighted by Crippen LogP contribution is 2.28. The number of aromatic nitrogens is 4. The zero-order chi connectivity index (χ0) is 17.2. The molecule has 3 heterocycles. The summed E-state index contributed by atoms with van der Waals surface area (Å²) in [4.78, 5) is 4.03. The van der Waals surface area contributed by atoms with Crippen LogP contribution in [0.15, 0.2) is 30.3 Å². The lowest BCUT2D eigenvalue weighted by molar-refractivity contribution is 0.139. The third kappa shape index (κ3) is 3.21. The number of piperidine rings is 1. The third-order valence-electron chi connectivity index (χ3n) is 4.49. The molecule has 1 aliphatic rings. The van der Waals surface area contributed by atoms with E-state index in [0.717, 1.165) is 25.9 Å². The number of rotatable bonds is 5. The summed E-state index contributed by atoms with van der Waals surface area (Å²) < 4.78 is 33.9. The van der Waals surface area contributed by atoms with Gasteiger partial charge in [0, 0.05) is 6.07 Å². The third-order valence-corrected chi connectivity index (χ3v) is 4.49. The number of para-hydroxylation sites is 2. The molecule has 4 rings (SSSR count). The lowest BCUT2D eigenvalue weighted by Gasteiger charge is -2.21. The number of halogens is 2. The molecular formula is C17H19F2N5O. The first-order valence-electron chi connectivity index (χ1n) is 8.37. The molecule has 1 aliphatic heterocycles. The van der Waals surface area contributed by atoms with Crippen molar-refractivity contribution >= 4 is 11.0 Å². The molecule has 0 aliphatic carbocycles. The first-order chi connectivity index (χ1) is 12.2. The maximum absolute atomic E-state index is 13.4. The Morgan fingerprint density at radius 3 is 2.84 bits per heavy atom. The summed E-state index contributed by atoms with van der Waals surface area (Å²) >= 11 is 0. The van der Waals surface area contributed by atoms with Crippen LogP contribution in [0.25, 0.3) is 16.9 Å². The molecule has 3 aromatic rings.